The van der Waals surface area contributed by atoms with E-state index in [4.69, 9.17) is 8.83 Å². The molecule has 2 heterocycles. The molecular weight excluding hydrogens is 1080 g/mol. The predicted octanol–water partition coefficient (Wildman–Crippen LogP) is 23.4. The van der Waals surface area contributed by atoms with Gasteiger partial charge >= 0.3 is 0 Å². The normalized spacial score (nSPS) is 13.7. The molecule has 1 atom stereocenters. The van der Waals surface area contributed by atoms with Gasteiger partial charge in [0.2, 0.25) is 0 Å². The largest absolute Gasteiger partial charge is 0.454 e. The van der Waals surface area contributed by atoms with Gasteiger partial charge in [0, 0.05) is 44.3 Å². The van der Waals surface area contributed by atoms with Gasteiger partial charge in [-0.2, -0.15) is 0 Å². The molecule has 2 aliphatic rings. The molecule has 89 heavy (non-hydrogen) atoms. The molecule has 0 radical (unpaired) electrons. The van der Waals surface area contributed by atoms with Crippen molar-refractivity contribution in [3.8, 4) is 66.8 Å². The van der Waals surface area contributed by atoms with Crippen molar-refractivity contribution in [2.24, 2.45) is 0 Å². The minimum atomic E-state index is -0.605. The number of anilines is 6. The summed E-state index contributed by atoms with van der Waals surface area (Å²) in [5.41, 5.74) is 27.6. The Labute approximate surface area is 515 Å². The molecule has 2 aliphatic carbocycles. The first-order chi connectivity index (χ1) is 44.1. The first-order valence-electron chi connectivity index (χ1n) is 30.5. The van der Waals surface area contributed by atoms with E-state index in [1.165, 1.54) is 55.6 Å². The third-order valence-electron chi connectivity index (χ3n) is 18.7. The van der Waals surface area contributed by atoms with Gasteiger partial charge in [0.25, 0.3) is 0 Å². The number of fused-ring (bicyclic) bond motifs is 16. The lowest BCUT2D eigenvalue weighted by molar-refractivity contribution is 0.669. The van der Waals surface area contributed by atoms with Crippen LogP contribution in [0.2, 0.25) is 0 Å². The standard InChI is InChI=1S/C85H54N2O2/c1-4-21-55(22-5-1)58-41-46-62(47-42-58)86(78-37-19-32-71-69-28-12-16-39-80(69)88-83(71)78)64-51-61(52-65(54-64)87(63-48-43-59(44-49-63)56-23-6-2-7-24-56)79-38-20-33-72-70-29-13-17-40-81(70)89-84(72)79)66-31-18-36-76-82(66)73-30-11-15-35-75(73)85(76)74-34-14-10-27-67(74)68-50-45-60(53-77(68)85)57-25-8-3-9-26-57/h1-54H. The minimum Gasteiger partial charge on any atom is -0.454 e. The Morgan fingerprint density at radius 3 is 1.17 bits per heavy atom. The highest BCUT2D eigenvalue weighted by Crippen LogP contribution is 2.65. The van der Waals surface area contributed by atoms with Crippen LogP contribution >= 0.6 is 0 Å². The topological polar surface area (TPSA) is 32.8 Å². The van der Waals surface area contributed by atoms with Crippen LogP contribution in [0.15, 0.2) is 336 Å². The molecule has 0 bridgehead atoms. The summed E-state index contributed by atoms with van der Waals surface area (Å²) in [5.74, 6) is 0. The highest BCUT2D eigenvalue weighted by molar-refractivity contribution is 6.13. The van der Waals surface area contributed by atoms with Gasteiger partial charge in [0.15, 0.2) is 11.2 Å². The fraction of sp³-hybridized carbons (Fsp3) is 0.0118. The molecule has 16 aromatic rings. The van der Waals surface area contributed by atoms with Crippen molar-refractivity contribution < 1.29 is 8.83 Å². The van der Waals surface area contributed by atoms with Gasteiger partial charge in [-0.3, -0.25) is 0 Å². The van der Waals surface area contributed by atoms with Crippen LogP contribution in [0.3, 0.4) is 0 Å². The zero-order valence-electron chi connectivity index (χ0n) is 48.4. The fourth-order valence-electron chi connectivity index (χ4n) is 14.8. The maximum Gasteiger partial charge on any atom is 0.159 e. The monoisotopic (exact) mass is 1130 g/mol. The third-order valence-corrected chi connectivity index (χ3v) is 18.7. The quantitative estimate of drug-likeness (QED) is 0.137. The number of rotatable bonds is 10. The second kappa shape index (κ2) is 20.2. The molecule has 0 saturated carbocycles. The molecule has 1 unspecified atom stereocenters. The summed E-state index contributed by atoms with van der Waals surface area (Å²) in [4.78, 5) is 4.80. The molecule has 18 rings (SSSR count). The molecule has 0 fully saturated rings. The van der Waals surface area contributed by atoms with Crippen molar-refractivity contribution >= 4 is 78.0 Å². The molecule has 0 amide bonds. The van der Waals surface area contributed by atoms with Crippen LogP contribution in [-0.4, -0.2) is 0 Å². The number of hydrogen-bond donors (Lipinski definition) is 0. The molecule has 2 aromatic heterocycles. The summed E-state index contributed by atoms with van der Waals surface area (Å²) in [7, 11) is 0. The zero-order chi connectivity index (χ0) is 58.6. The van der Waals surface area contributed by atoms with E-state index in [1.54, 1.807) is 0 Å². The zero-order valence-corrected chi connectivity index (χ0v) is 48.4. The SMILES string of the molecule is c1ccc(-c2ccc(N(c3cc(-c4cccc5c4-c4ccccc4C54c5ccccc5-c5ccc(-c6ccccc6)cc54)cc(N(c4ccc(-c5ccccc5)cc4)c4cccc5c4oc4ccccc45)c3)c3cccc4c3oc3ccccc34)cc2)cc1. The average Bonchev–Trinajstić information content (AvgIpc) is 1.51. The third kappa shape index (κ3) is 7.87. The average molecular weight is 1140 g/mol. The Kier molecular flexibility index (Phi) is 11.5. The van der Waals surface area contributed by atoms with E-state index in [0.29, 0.717) is 0 Å². The van der Waals surface area contributed by atoms with Gasteiger partial charge in [0.05, 0.1) is 16.8 Å². The van der Waals surface area contributed by atoms with Crippen molar-refractivity contribution in [3.05, 3.63) is 350 Å². The lowest BCUT2D eigenvalue weighted by Crippen LogP contribution is -2.25. The summed E-state index contributed by atoms with van der Waals surface area (Å²) in [6, 6.07) is 119. The lowest BCUT2D eigenvalue weighted by Gasteiger charge is -2.31. The summed E-state index contributed by atoms with van der Waals surface area (Å²) < 4.78 is 14.1. The molecule has 1 spiro atoms. The van der Waals surface area contributed by atoms with Gasteiger partial charge in [-0.15, -0.1) is 0 Å². The van der Waals surface area contributed by atoms with Crippen molar-refractivity contribution in [1.29, 1.82) is 0 Å². The second-order valence-electron chi connectivity index (χ2n) is 23.4. The second-order valence-corrected chi connectivity index (χ2v) is 23.4. The smallest absolute Gasteiger partial charge is 0.159 e. The van der Waals surface area contributed by atoms with Crippen LogP contribution in [0.5, 0.6) is 0 Å². The van der Waals surface area contributed by atoms with Gasteiger partial charge in [-0.05, 0) is 162 Å². The van der Waals surface area contributed by atoms with Crippen molar-refractivity contribution in [2.75, 3.05) is 9.80 Å². The van der Waals surface area contributed by atoms with Crippen LogP contribution in [0.1, 0.15) is 22.3 Å². The predicted molar refractivity (Wildman–Crippen MR) is 368 cm³/mol. The Balaban J connectivity index is 0.938. The summed E-state index contributed by atoms with van der Waals surface area (Å²) in [5, 5.41) is 4.24. The van der Waals surface area contributed by atoms with Crippen molar-refractivity contribution in [3.63, 3.8) is 0 Å². The van der Waals surface area contributed by atoms with E-state index in [9.17, 15) is 0 Å². The molecular formula is C85H54N2O2. The van der Waals surface area contributed by atoms with E-state index in [1.807, 2.05) is 0 Å². The van der Waals surface area contributed by atoms with E-state index >= 15 is 0 Å². The van der Waals surface area contributed by atoms with E-state index in [2.05, 4.69) is 337 Å². The molecule has 14 aromatic carbocycles. The number of benzene rings is 14. The first-order valence-corrected chi connectivity index (χ1v) is 30.5. The summed E-state index contributed by atoms with van der Waals surface area (Å²) >= 11 is 0. The van der Waals surface area contributed by atoms with Crippen molar-refractivity contribution in [1.82, 2.24) is 0 Å². The van der Waals surface area contributed by atoms with E-state index in [-0.39, 0.29) is 0 Å². The number of nitrogens with zero attached hydrogens (tertiary/aromatic N) is 2. The van der Waals surface area contributed by atoms with Gasteiger partial charge in [0.1, 0.15) is 11.2 Å². The van der Waals surface area contributed by atoms with E-state index < -0.39 is 5.41 Å². The maximum absolute atomic E-state index is 7.04. The van der Waals surface area contributed by atoms with Gasteiger partial charge in [-0.25, -0.2) is 0 Å². The number of furan rings is 2. The highest BCUT2D eigenvalue weighted by Gasteiger charge is 2.52. The Bertz CT molecular complexity index is 5210. The van der Waals surface area contributed by atoms with Crippen LogP contribution in [0.4, 0.5) is 34.1 Å². The minimum absolute atomic E-state index is 0.605. The molecule has 416 valence electrons. The number of hydrogen-bond acceptors (Lipinski definition) is 4. The van der Waals surface area contributed by atoms with Gasteiger partial charge in [-0.1, -0.05) is 255 Å². The van der Waals surface area contributed by atoms with E-state index in [0.717, 1.165) is 111 Å². The summed E-state index contributed by atoms with van der Waals surface area (Å²) in [6.07, 6.45) is 0. The lowest BCUT2D eigenvalue weighted by atomic mass is 9.70. The van der Waals surface area contributed by atoms with Crippen LogP contribution in [-0.2, 0) is 5.41 Å². The maximum atomic E-state index is 7.04. The highest BCUT2D eigenvalue weighted by atomic mass is 16.3. The Hall–Kier alpha value is -11.7. The molecule has 4 nitrogen and oxygen atoms in total. The first kappa shape index (κ1) is 50.6. The fourth-order valence-corrected chi connectivity index (χ4v) is 14.8. The molecule has 0 saturated heterocycles. The van der Waals surface area contributed by atoms with Crippen LogP contribution < -0.4 is 9.80 Å². The van der Waals surface area contributed by atoms with Crippen LogP contribution in [0.25, 0.3) is 111 Å². The summed E-state index contributed by atoms with van der Waals surface area (Å²) in [6.45, 7) is 0. The van der Waals surface area contributed by atoms with Crippen molar-refractivity contribution in [2.45, 2.75) is 5.41 Å². The van der Waals surface area contributed by atoms with Crippen LogP contribution in [0, 0.1) is 0 Å². The Morgan fingerprint density at radius 1 is 0.225 bits per heavy atom. The number of para-hydroxylation sites is 4. The van der Waals surface area contributed by atoms with Gasteiger partial charge < -0.3 is 18.6 Å². The molecule has 0 aliphatic heterocycles. The molecule has 4 heteroatoms. The molecule has 0 N–H and O–H groups in total. The Morgan fingerprint density at radius 2 is 0.618 bits per heavy atom.